The summed E-state index contributed by atoms with van der Waals surface area (Å²) in [6.45, 7) is 3.71. The van der Waals surface area contributed by atoms with Crippen LogP contribution in [0.2, 0.25) is 0 Å². The second kappa shape index (κ2) is 11.1. The van der Waals surface area contributed by atoms with Crippen LogP contribution in [0.4, 0.5) is 10.3 Å². The summed E-state index contributed by atoms with van der Waals surface area (Å²) >= 11 is 0. The molecule has 0 saturated heterocycles. The van der Waals surface area contributed by atoms with Crippen LogP contribution < -0.4 is 5.32 Å². The maximum atomic E-state index is 13.5. The maximum Gasteiger partial charge on any atom is 0.305 e. The van der Waals surface area contributed by atoms with Crippen LogP contribution in [0.25, 0.3) is 17.3 Å². The minimum absolute atomic E-state index is 0.0591. The molecule has 33 heavy (non-hydrogen) atoms. The van der Waals surface area contributed by atoms with Crippen LogP contribution in [0, 0.1) is 5.82 Å². The van der Waals surface area contributed by atoms with Crippen molar-refractivity contribution in [3.63, 3.8) is 0 Å². The lowest BCUT2D eigenvalue weighted by molar-refractivity contribution is -0.139. The van der Waals surface area contributed by atoms with E-state index in [4.69, 9.17) is 5.11 Å². The minimum Gasteiger partial charge on any atom is -0.481 e. The van der Waals surface area contributed by atoms with Gasteiger partial charge >= 0.3 is 5.97 Å². The molecule has 0 aliphatic rings. The molecule has 0 aliphatic carbocycles. The van der Waals surface area contributed by atoms with E-state index in [0.717, 1.165) is 6.26 Å². The fourth-order valence-corrected chi connectivity index (χ4v) is 3.34. The van der Waals surface area contributed by atoms with Gasteiger partial charge in [0.2, 0.25) is 5.95 Å². The first-order chi connectivity index (χ1) is 15.4. The third kappa shape index (κ3) is 8.35. The SMILES string of the molecule is CC(C)c1nc(NCS(C)(=O)=O)nc(-c2ccc(F)cc2)c1C=CC(=O)C[C@@H](O)CC(=O)O. The number of rotatable bonds is 11. The van der Waals surface area contributed by atoms with Gasteiger partial charge in [-0.25, -0.2) is 22.8 Å². The van der Waals surface area contributed by atoms with E-state index in [2.05, 4.69) is 15.3 Å². The summed E-state index contributed by atoms with van der Waals surface area (Å²) in [5, 5.41) is 21.1. The van der Waals surface area contributed by atoms with E-state index in [1.54, 1.807) is 0 Å². The van der Waals surface area contributed by atoms with Gasteiger partial charge in [-0.05, 0) is 42.3 Å². The molecule has 178 valence electrons. The molecule has 1 heterocycles. The van der Waals surface area contributed by atoms with Crippen LogP contribution >= 0.6 is 0 Å². The molecule has 0 amide bonds. The van der Waals surface area contributed by atoms with E-state index in [1.165, 1.54) is 36.4 Å². The number of aliphatic hydroxyl groups excluding tert-OH is 1. The number of carboxylic acids is 1. The second-order valence-corrected chi connectivity index (χ2v) is 10.00. The maximum absolute atomic E-state index is 13.5. The van der Waals surface area contributed by atoms with E-state index in [9.17, 15) is 27.5 Å². The molecule has 0 bridgehead atoms. The van der Waals surface area contributed by atoms with Crippen LogP contribution in [-0.4, -0.2) is 58.6 Å². The minimum atomic E-state index is -3.36. The molecule has 2 rings (SSSR count). The number of carbonyl (C=O) groups excluding carboxylic acids is 1. The van der Waals surface area contributed by atoms with Crippen molar-refractivity contribution in [1.29, 1.82) is 0 Å². The third-order valence-corrected chi connectivity index (χ3v) is 5.08. The number of nitrogens with zero attached hydrogens (tertiary/aromatic N) is 2. The first kappa shape index (κ1) is 26.1. The van der Waals surface area contributed by atoms with Crippen molar-refractivity contribution in [2.75, 3.05) is 17.4 Å². The zero-order chi connectivity index (χ0) is 24.8. The molecule has 3 N–H and O–H groups in total. The monoisotopic (exact) mass is 479 g/mol. The van der Waals surface area contributed by atoms with Gasteiger partial charge in [-0.3, -0.25) is 9.59 Å². The van der Waals surface area contributed by atoms with Gasteiger partial charge in [0, 0.05) is 23.8 Å². The molecule has 0 aliphatic heterocycles. The number of aromatic nitrogens is 2. The van der Waals surface area contributed by atoms with Gasteiger partial charge in [0.25, 0.3) is 0 Å². The third-order valence-electron chi connectivity index (χ3n) is 4.42. The number of ketones is 1. The quantitative estimate of drug-likeness (QED) is 0.414. The molecule has 11 heteroatoms. The van der Waals surface area contributed by atoms with Gasteiger partial charge in [-0.1, -0.05) is 13.8 Å². The number of aliphatic hydroxyl groups is 1. The number of benzene rings is 1. The van der Waals surface area contributed by atoms with Crippen molar-refractivity contribution in [2.24, 2.45) is 0 Å². The van der Waals surface area contributed by atoms with Gasteiger partial charge in [0.05, 0.1) is 23.9 Å². The van der Waals surface area contributed by atoms with Crippen LogP contribution in [0.5, 0.6) is 0 Å². The van der Waals surface area contributed by atoms with E-state index in [-0.39, 0.29) is 24.2 Å². The van der Waals surface area contributed by atoms with Gasteiger partial charge in [-0.2, -0.15) is 0 Å². The molecular formula is C22H26FN3O6S. The van der Waals surface area contributed by atoms with Gasteiger partial charge in [0.1, 0.15) is 11.7 Å². The predicted octanol–water partition coefficient (Wildman–Crippen LogP) is 2.63. The molecule has 1 aromatic heterocycles. The Morgan fingerprint density at radius 2 is 1.79 bits per heavy atom. The Morgan fingerprint density at radius 1 is 1.15 bits per heavy atom. The molecule has 2 aromatic rings. The molecule has 1 aromatic carbocycles. The van der Waals surface area contributed by atoms with E-state index >= 15 is 0 Å². The Bertz CT molecular complexity index is 1150. The number of aliphatic carboxylic acids is 1. The van der Waals surface area contributed by atoms with Crippen molar-refractivity contribution in [3.8, 4) is 11.3 Å². The summed E-state index contributed by atoms with van der Waals surface area (Å²) in [7, 11) is -3.36. The Morgan fingerprint density at radius 3 is 2.33 bits per heavy atom. The van der Waals surface area contributed by atoms with Crippen molar-refractivity contribution >= 4 is 33.6 Å². The number of carboxylic acid groups (broad SMARTS) is 1. The lowest BCUT2D eigenvalue weighted by atomic mass is 9.97. The Labute approximate surface area is 191 Å². The highest BCUT2D eigenvalue weighted by Crippen LogP contribution is 2.30. The molecule has 0 spiro atoms. The summed E-state index contributed by atoms with van der Waals surface area (Å²) in [5.74, 6) is -2.65. The number of anilines is 1. The Kier molecular flexibility index (Phi) is 8.77. The fourth-order valence-electron chi connectivity index (χ4n) is 2.94. The van der Waals surface area contributed by atoms with E-state index in [0.29, 0.717) is 22.5 Å². The zero-order valence-electron chi connectivity index (χ0n) is 18.4. The largest absolute Gasteiger partial charge is 0.481 e. The molecule has 0 saturated carbocycles. The number of carbonyl (C=O) groups is 2. The normalized spacial score (nSPS) is 12.8. The average molecular weight is 480 g/mol. The predicted molar refractivity (Wildman–Crippen MR) is 122 cm³/mol. The standard InChI is InChI=1S/C22H26FN3O6S/c1-13(2)20-18(9-8-16(27)10-17(28)11-19(29)30)21(14-4-6-15(23)7-5-14)26-22(25-20)24-12-33(3,31)32/h4-9,13,17,28H,10-12H2,1-3H3,(H,29,30)(H,24,25,26)/t17-/m1/s1. The molecular weight excluding hydrogens is 453 g/mol. The fraction of sp³-hybridized carbons (Fsp3) is 0.364. The van der Waals surface area contributed by atoms with E-state index in [1.807, 2.05) is 13.8 Å². The second-order valence-electron chi connectivity index (χ2n) is 7.86. The van der Waals surface area contributed by atoms with Gasteiger partial charge < -0.3 is 15.5 Å². The summed E-state index contributed by atoms with van der Waals surface area (Å²) in [6.07, 6.45) is 1.48. The highest BCUT2D eigenvalue weighted by molar-refractivity contribution is 7.90. The Balaban J connectivity index is 2.52. The first-order valence-corrected chi connectivity index (χ1v) is 12.1. The van der Waals surface area contributed by atoms with Crippen molar-refractivity contribution in [3.05, 3.63) is 47.4 Å². The summed E-state index contributed by atoms with van der Waals surface area (Å²) < 4.78 is 36.6. The molecule has 1 atom stereocenters. The highest BCUT2D eigenvalue weighted by Gasteiger charge is 2.18. The molecule has 9 nitrogen and oxygen atoms in total. The van der Waals surface area contributed by atoms with Crippen molar-refractivity contribution in [2.45, 2.75) is 38.7 Å². The van der Waals surface area contributed by atoms with Crippen LogP contribution in [0.1, 0.15) is 43.9 Å². The van der Waals surface area contributed by atoms with Crippen LogP contribution in [-0.2, 0) is 19.4 Å². The van der Waals surface area contributed by atoms with E-state index < -0.39 is 39.9 Å². The smallest absolute Gasteiger partial charge is 0.305 e. The lowest BCUT2D eigenvalue weighted by Gasteiger charge is -2.16. The zero-order valence-corrected chi connectivity index (χ0v) is 19.3. The first-order valence-electron chi connectivity index (χ1n) is 10.1. The number of hydrogen-bond acceptors (Lipinski definition) is 8. The topological polar surface area (TPSA) is 147 Å². The number of hydrogen-bond donors (Lipinski definition) is 3. The van der Waals surface area contributed by atoms with Crippen LogP contribution in [0.3, 0.4) is 0 Å². The number of halogens is 1. The van der Waals surface area contributed by atoms with Crippen LogP contribution in [0.15, 0.2) is 30.3 Å². The molecule has 0 fully saturated rings. The van der Waals surface area contributed by atoms with Crippen molar-refractivity contribution < 1.29 is 32.6 Å². The summed E-state index contributed by atoms with van der Waals surface area (Å²) in [5.41, 5.74) is 1.83. The number of allylic oxidation sites excluding steroid dienone is 1. The van der Waals surface area contributed by atoms with Gasteiger partial charge in [-0.15, -0.1) is 0 Å². The lowest BCUT2D eigenvalue weighted by Crippen LogP contribution is -2.17. The summed E-state index contributed by atoms with van der Waals surface area (Å²) in [6, 6.07) is 5.49. The highest BCUT2D eigenvalue weighted by atomic mass is 32.2. The van der Waals surface area contributed by atoms with Crippen molar-refractivity contribution in [1.82, 2.24) is 9.97 Å². The number of sulfone groups is 1. The molecule has 0 radical (unpaired) electrons. The van der Waals surface area contributed by atoms with Gasteiger partial charge in [0.15, 0.2) is 15.6 Å². The Hall–Kier alpha value is -3.18. The average Bonchev–Trinajstić information content (AvgIpc) is 2.69. The summed E-state index contributed by atoms with van der Waals surface area (Å²) in [4.78, 5) is 31.7. The number of nitrogens with one attached hydrogen (secondary N) is 1. The molecule has 0 unspecified atom stereocenters.